The van der Waals surface area contributed by atoms with Crippen molar-refractivity contribution in [2.24, 2.45) is 0 Å². The molecule has 0 aromatic heterocycles. The minimum atomic E-state index is -0.608. The Kier molecular flexibility index (Phi) is 6.00. The second kappa shape index (κ2) is 7.52. The van der Waals surface area contributed by atoms with E-state index in [0.717, 1.165) is 0 Å². The van der Waals surface area contributed by atoms with Crippen molar-refractivity contribution in [2.45, 2.75) is 19.4 Å². The number of rotatable bonds is 4. The fourth-order valence-corrected chi connectivity index (χ4v) is 1.28. The monoisotopic (exact) mass is 265 g/mol. The number of hydrogen-bond acceptors (Lipinski definition) is 3. The minimum Gasteiger partial charge on any atom is -0.395 e. The molecule has 0 aliphatic heterocycles. The summed E-state index contributed by atoms with van der Waals surface area (Å²) in [4.78, 5) is 11.7. The summed E-state index contributed by atoms with van der Waals surface area (Å²) in [5.41, 5.74) is 0.783. The normalized spacial score (nSPS) is 11.4. The number of amides is 1. The van der Waals surface area contributed by atoms with Gasteiger partial charge in [0.2, 0.25) is 0 Å². The minimum absolute atomic E-state index is 0.0648. The Labute approximate surface area is 111 Å². The van der Waals surface area contributed by atoms with Crippen molar-refractivity contribution in [2.75, 3.05) is 19.0 Å². The van der Waals surface area contributed by atoms with E-state index in [1.54, 1.807) is 6.92 Å². The van der Waals surface area contributed by atoms with Crippen LogP contribution in [0.4, 0.5) is 10.1 Å². The Bertz CT molecular complexity index is 505. The predicted octanol–water partition coefficient (Wildman–Crippen LogP) is 1.53. The van der Waals surface area contributed by atoms with Crippen molar-refractivity contribution >= 4 is 11.6 Å². The Morgan fingerprint density at radius 3 is 2.95 bits per heavy atom. The molecule has 4 nitrogen and oxygen atoms in total. The van der Waals surface area contributed by atoms with Gasteiger partial charge in [0.15, 0.2) is 0 Å². The fourth-order valence-electron chi connectivity index (χ4n) is 1.28. The van der Waals surface area contributed by atoms with E-state index in [0.29, 0.717) is 17.7 Å². The zero-order valence-electron chi connectivity index (χ0n) is 10.9. The number of hydrogen-bond donors (Lipinski definition) is 2. The van der Waals surface area contributed by atoms with Crippen LogP contribution in [0.25, 0.3) is 0 Å². The van der Waals surface area contributed by atoms with Gasteiger partial charge < -0.3 is 15.2 Å². The van der Waals surface area contributed by atoms with Gasteiger partial charge in [-0.2, -0.15) is 0 Å². The third-order valence-electron chi connectivity index (χ3n) is 2.42. The standard InChI is InChI=1S/C14H16FNO3/c1-10(19-2)14(18)16-13-7-6-12(15)9-11(13)5-3-4-8-17/h6-7,9-10,17H,4,8H2,1-2H3,(H,16,18). The first-order valence-corrected chi connectivity index (χ1v) is 5.81. The second-order valence-electron chi connectivity index (χ2n) is 3.83. The summed E-state index contributed by atoms with van der Waals surface area (Å²) in [6, 6.07) is 3.92. The quantitative estimate of drug-likeness (QED) is 0.812. The van der Waals surface area contributed by atoms with Crippen LogP contribution < -0.4 is 5.32 Å². The van der Waals surface area contributed by atoms with Crippen LogP contribution in [0.15, 0.2) is 18.2 Å². The van der Waals surface area contributed by atoms with Gasteiger partial charge in [0, 0.05) is 13.5 Å². The zero-order chi connectivity index (χ0) is 14.3. The second-order valence-corrected chi connectivity index (χ2v) is 3.83. The third kappa shape index (κ3) is 4.70. The van der Waals surface area contributed by atoms with Crippen LogP contribution in [-0.4, -0.2) is 30.8 Å². The van der Waals surface area contributed by atoms with Crippen LogP contribution in [0.2, 0.25) is 0 Å². The number of aliphatic hydroxyl groups is 1. The van der Waals surface area contributed by atoms with Crippen molar-refractivity contribution in [3.8, 4) is 11.8 Å². The van der Waals surface area contributed by atoms with Gasteiger partial charge in [-0.15, -0.1) is 0 Å². The van der Waals surface area contributed by atoms with Gasteiger partial charge in [0.05, 0.1) is 17.9 Å². The Morgan fingerprint density at radius 1 is 1.58 bits per heavy atom. The molecule has 0 saturated carbocycles. The van der Waals surface area contributed by atoms with E-state index in [1.165, 1.54) is 25.3 Å². The van der Waals surface area contributed by atoms with Gasteiger partial charge in [0.1, 0.15) is 11.9 Å². The van der Waals surface area contributed by atoms with Crippen molar-refractivity contribution in [1.29, 1.82) is 0 Å². The lowest BCUT2D eigenvalue weighted by molar-refractivity contribution is -0.124. The number of halogens is 1. The summed E-state index contributed by atoms with van der Waals surface area (Å²) < 4.78 is 18.1. The lowest BCUT2D eigenvalue weighted by atomic mass is 10.1. The van der Waals surface area contributed by atoms with Crippen molar-refractivity contribution in [1.82, 2.24) is 0 Å². The van der Waals surface area contributed by atoms with Crippen molar-refractivity contribution < 1.29 is 19.0 Å². The lowest BCUT2D eigenvalue weighted by Crippen LogP contribution is -2.26. The summed E-state index contributed by atoms with van der Waals surface area (Å²) in [6.45, 7) is 1.54. The molecule has 0 saturated heterocycles. The molecular formula is C14H16FNO3. The molecule has 0 heterocycles. The molecule has 1 atom stereocenters. The fraction of sp³-hybridized carbons (Fsp3) is 0.357. The number of methoxy groups -OCH3 is 1. The van der Waals surface area contributed by atoms with Crippen LogP contribution in [0.3, 0.4) is 0 Å². The van der Waals surface area contributed by atoms with E-state index in [9.17, 15) is 9.18 Å². The van der Waals surface area contributed by atoms with Crippen molar-refractivity contribution in [3.63, 3.8) is 0 Å². The van der Waals surface area contributed by atoms with E-state index in [2.05, 4.69) is 17.2 Å². The molecule has 1 amide bonds. The maximum absolute atomic E-state index is 13.2. The average Bonchev–Trinajstić information content (AvgIpc) is 2.40. The molecule has 0 bridgehead atoms. The van der Waals surface area contributed by atoms with E-state index in [4.69, 9.17) is 9.84 Å². The number of anilines is 1. The molecule has 2 N–H and O–H groups in total. The summed E-state index contributed by atoms with van der Waals surface area (Å²) >= 11 is 0. The first-order valence-electron chi connectivity index (χ1n) is 5.81. The molecule has 0 fully saturated rings. The van der Waals surface area contributed by atoms with E-state index >= 15 is 0 Å². The van der Waals surface area contributed by atoms with Crippen LogP contribution >= 0.6 is 0 Å². The summed E-state index contributed by atoms with van der Waals surface area (Å²) in [6.07, 6.45) is -0.318. The zero-order valence-corrected chi connectivity index (χ0v) is 10.9. The number of aliphatic hydroxyl groups excluding tert-OH is 1. The van der Waals surface area contributed by atoms with Gasteiger partial charge in [0.25, 0.3) is 5.91 Å². The van der Waals surface area contributed by atoms with Crippen molar-refractivity contribution in [3.05, 3.63) is 29.6 Å². The predicted molar refractivity (Wildman–Crippen MR) is 70.1 cm³/mol. The highest BCUT2D eigenvalue weighted by Crippen LogP contribution is 2.16. The molecule has 5 heteroatoms. The number of carbonyl (C=O) groups is 1. The first kappa shape index (κ1) is 15.2. The maximum Gasteiger partial charge on any atom is 0.253 e. The summed E-state index contributed by atoms with van der Waals surface area (Å²) in [5, 5.41) is 11.3. The van der Waals surface area contributed by atoms with Crippen LogP contribution in [0.5, 0.6) is 0 Å². The number of ether oxygens (including phenoxy) is 1. The molecule has 1 aromatic rings. The number of carbonyl (C=O) groups excluding carboxylic acids is 1. The number of nitrogens with one attached hydrogen (secondary N) is 1. The van der Waals surface area contributed by atoms with E-state index in [-0.39, 0.29) is 12.5 Å². The van der Waals surface area contributed by atoms with Gasteiger partial charge in [-0.25, -0.2) is 4.39 Å². The number of benzene rings is 1. The van der Waals surface area contributed by atoms with Crippen LogP contribution in [0.1, 0.15) is 18.9 Å². The lowest BCUT2D eigenvalue weighted by Gasteiger charge is -2.11. The van der Waals surface area contributed by atoms with Crippen LogP contribution in [-0.2, 0) is 9.53 Å². The van der Waals surface area contributed by atoms with Gasteiger partial charge >= 0.3 is 0 Å². The van der Waals surface area contributed by atoms with Gasteiger partial charge in [-0.1, -0.05) is 11.8 Å². The SMILES string of the molecule is COC(C)C(=O)Nc1ccc(F)cc1C#CCCO. The highest BCUT2D eigenvalue weighted by Gasteiger charge is 2.13. The van der Waals surface area contributed by atoms with Crippen LogP contribution in [0, 0.1) is 17.7 Å². The molecule has 0 spiro atoms. The first-order chi connectivity index (χ1) is 9.08. The van der Waals surface area contributed by atoms with Gasteiger partial charge in [-0.05, 0) is 25.1 Å². The average molecular weight is 265 g/mol. The Hall–Kier alpha value is -1.90. The molecule has 0 radical (unpaired) electrons. The highest BCUT2D eigenvalue weighted by atomic mass is 19.1. The summed E-state index contributed by atoms with van der Waals surface area (Å²) in [7, 11) is 1.43. The summed E-state index contributed by atoms with van der Waals surface area (Å²) in [5.74, 6) is 4.63. The topological polar surface area (TPSA) is 58.6 Å². The largest absolute Gasteiger partial charge is 0.395 e. The molecule has 1 unspecified atom stereocenters. The molecule has 0 aliphatic rings. The molecule has 0 aliphatic carbocycles. The Balaban J connectivity index is 2.94. The molecule has 1 rings (SSSR count). The van der Waals surface area contributed by atoms with E-state index < -0.39 is 11.9 Å². The molecular weight excluding hydrogens is 249 g/mol. The molecule has 102 valence electrons. The molecule has 1 aromatic carbocycles. The maximum atomic E-state index is 13.2. The van der Waals surface area contributed by atoms with E-state index in [1.807, 2.05) is 0 Å². The highest BCUT2D eigenvalue weighted by molar-refractivity contribution is 5.95. The Morgan fingerprint density at radius 2 is 2.32 bits per heavy atom. The van der Waals surface area contributed by atoms with Gasteiger partial charge in [-0.3, -0.25) is 4.79 Å². The molecule has 19 heavy (non-hydrogen) atoms. The third-order valence-corrected chi connectivity index (χ3v) is 2.42. The smallest absolute Gasteiger partial charge is 0.253 e.